The van der Waals surface area contributed by atoms with Crippen molar-refractivity contribution in [2.24, 2.45) is 0 Å². The molecule has 0 spiro atoms. The minimum Gasteiger partial charge on any atom is -0.366 e. The smallest absolute Gasteiger partial charge is 0.327 e. The van der Waals surface area contributed by atoms with Gasteiger partial charge in [-0.25, -0.2) is 0 Å². The number of rotatable bonds is 3. The van der Waals surface area contributed by atoms with Gasteiger partial charge in [0, 0.05) is 25.5 Å². The van der Waals surface area contributed by atoms with E-state index in [0.717, 1.165) is 18.9 Å². The first-order chi connectivity index (χ1) is 10.2. The maximum absolute atomic E-state index is 13.7. The van der Waals surface area contributed by atoms with Gasteiger partial charge < -0.3 is 4.90 Å². The lowest BCUT2D eigenvalue weighted by atomic mass is 10.0. The summed E-state index contributed by atoms with van der Waals surface area (Å²) in [5.41, 5.74) is -0.0750. The molecule has 3 rings (SSSR count). The van der Waals surface area contributed by atoms with Crippen LogP contribution in [0.5, 0.6) is 0 Å². The minimum absolute atomic E-state index is 0.295. The molecule has 2 heterocycles. The molecule has 0 N–H and O–H groups in total. The summed E-state index contributed by atoms with van der Waals surface area (Å²) >= 11 is 0. The first kappa shape index (κ1) is 13.5. The highest BCUT2D eigenvalue weighted by atomic mass is 19.1. The van der Waals surface area contributed by atoms with E-state index >= 15 is 0 Å². The van der Waals surface area contributed by atoms with E-state index in [1.54, 1.807) is 12.3 Å². The molecule has 0 aliphatic carbocycles. The van der Waals surface area contributed by atoms with Gasteiger partial charge in [-0.1, -0.05) is 6.07 Å². The van der Waals surface area contributed by atoms with Crippen LogP contribution in [0.4, 0.5) is 15.8 Å². The summed E-state index contributed by atoms with van der Waals surface area (Å²) in [5, 5.41) is 15.3. The Hall–Kier alpha value is -2.44. The molecule has 0 amide bonds. The highest BCUT2D eigenvalue weighted by Crippen LogP contribution is 2.34. The quantitative estimate of drug-likeness (QED) is 0.644. The van der Waals surface area contributed by atoms with E-state index in [2.05, 4.69) is 5.10 Å². The van der Waals surface area contributed by atoms with Crippen molar-refractivity contribution in [2.45, 2.75) is 18.9 Å². The number of anilines is 1. The Morgan fingerprint density at radius 3 is 2.67 bits per heavy atom. The highest BCUT2D eigenvalue weighted by molar-refractivity contribution is 5.64. The van der Waals surface area contributed by atoms with Gasteiger partial charge in [0.25, 0.3) is 0 Å². The van der Waals surface area contributed by atoms with Gasteiger partial charge in [0.1, 0.15) is 5.69 Å². The molecule has 21 heavy (non-hydrogen) atoms. The molecule has 0 atom stereocenters. The van der Waals surface area contributed by atoms with Crippen LogP contribution < -0.4 is 4.90 Å². The second-order valence-electron chi connectivity index (χ2n) is 5.07. The summed E-state index contributed by atoms with van der Waals surface area (Å²) in [6.45, 7) is 1.30. The summed E-state index contributed by atoms with van der Waals surface area (Å²) in [7, 11) is 0. The predicted molar refractivity (Wildman–Crippen MR) is 75.8 cm³/mol. The van der Waals surface area contributed by atoms with E-state index in [-0.39, 0.29) is 0 Å². The van der Waals surface area contributed by atoms with Crippen LogP contribution in [0.3, 0.4) is 0 Å². The molecule has 0 unspecified atom stereocenters. The van der Waals surface area contributed by atoms with E-state index in [4.69, 9.17) is 0 Å². The third kappa shape index (κ3) is 2.58. The van der Waals surface area contributed by atoms with Gasteiger partial charge in [0.2, 0.25) is 5.82 Å². The SMILES string of the molecule is O=[N+]([O-])c1c(F)cccc1N1CCC(n2cccn2)CC1. The number of benzene rings is 1. The second kappa shape index (κ2) is 5.51. The molecule has 1 aliphatic rings. The Labute approximate surface area is 120 Å². The Morgan fingerprint density at radius 1 is 1.29 bits per heavy atom. The molecular formula is C14H15FN4O2. The van der Waals surface area contributed by atoms with E-state index in [0.29, 0.717) is 24.8 Å². The summed E-state index contributed by atoms with van der Waals surface area (Å²) in [6.07, 6.45) is 5.32. The number of halogens is 1. The fourth-order valence-electron chi connectivity index (χ4n) is 2.81. The maximum atomic E-state index is 13.7. The minimum atomic E-state index is -0.785. The number of hydrogen-bond donors (Lipinski definition) is 0. The van der Waals surface area contributed by atoms with Gasteiger partial charge >= 0.3 is 5.69 Å². The zero-order valence-corrected chi connectivity index (χ0v) is 11.4. The van der Waals surface area contributed by atoms with Crippen LogP contribution in [0.2, 0.25) is 0 Å². The number of para-hydroxylation sites is 1. The lowest BCUT2D eigenvalue weighted by Crippen LogP contribution is -2.35. The van der Waals surface area contributed by atoms with E-state index < -0.39 is 16.4 Å². The Morgan fingerprint density at radius 2 is 2.05 bits per heavy atom. The van der Waals surface area contributed by atoms with Gasteiger partial charge in [-0.15, -0.1) is 0 Å². The van der Waals surface area contributed by atoms with E-state index in [1.165, 1.54) is 6.07 Å². The monoisotopic (exact) mass is 290 g/mol. The fraction of sp³-hybridized carbons (Fsp3) is 0.357. The lowest BCUT2D eigenvalue weighted by Gasteiger charge is -2.33. The number of hydrogen-bond acceptors (Lipinski definition) is 4. The Balaban J connectivity index is 1.78. The summed E-state index contributed by atoms with van der Waals surface area (Å²) in [6, 6.07) is 6.41. The van der Waals surface area contributed by atoms with Crippen LogP contribution >= 0.6 is 0 Å². The largest absolute Gasteiger partial charge is 0.366 e. The topological polar surface area (TPSA) is 64.2 Å². The van der Waals surface area contributed by atoms with Crippen LogP contribution in [0, 0.1) is 15.9 Å². The molecule has 0 saturated carbocycles. The van der Waals surface area contributed by atoms with Crippen molar-refractivity contribution in [1.82, 2.24) is 9.78 Å². The van der Waals surface area contributed by atoms with Crippen LogP contribution in [0.25, 0.3) is 0 Å². The van der Waals surface area contributed by atoms with Crippen LogP contribution in [0.15, 0.2) is 36.7 Å². The van der Waals surface area contributed by atoms with Gasteiger partial charge in [0.15, 0.2) is 0 Å². The fourth-order valence-corrected chi connectivity index (χ4v) is 2.81. The highest BCUT2D eigenvalue weighted by Gasteiger charge is 2.28. The molecule has 7 heteroatoms. The van der Waals surface area contributed by atoms with Gasteiger partial charge in [-0.05, 0) is 31.0 Å². The first-order valence-electron chi connectivity index (χ1n) is 6.84. The number of nitrogens with zero attached hydrogens (tertiary/aromatic N) is 4. The number of nitro groups is 1. The zero-order valence-electron chi connectivity index (χ0n) is 11.4. The van der Waals surface area contributed by atoms with E-state index in [9.17, 15) is 14.5 Å². The average molecular weight is 290 g/mol. The molecule has 0 radical (unpaired) electrons. The van der Waals surface area contributed by atoms with E-state index in [1.807, 2.05) is 21.8 Å². The molecule has 6 nitrogen and oxygen atoms in total. The van der Waals surface area contributed by atoms with Gasteiger partial charge in [-0.2, -0.15) is 9.49 Å². The van der Waals surface area contributed by atoms with Crippen molar-refractivity contribution in [2.75, 3.05) is 18.0 Å². The molecule has 110 valence electrons. The number of piperidine rings is 1. The normalized spacial score (nSPS) is 16.1. The van der Waals surface area contributed by atoms with Crippen molar-refractivity contribution in [3.05, 3.63) is 52.6 Å². The molecule has 1 saturated heterocycles. The molecular weight excluding hydrogens is 275 g/mol. The van der Waals surface area contributed by atoms with Crippen LogP contribution in [-0.2, 0) is 0 Å². The summed E-state index contributed by atoms with van der Waals surface area (Å²) in [4.78, 5) is 12.3. The van der Waals surface area contributed by atoms with Crippen molar-refractivity contribution in [1.29, 1.82) is 0 Å². The molecule has 1 aliphatic heterocycles. The maximum Gasteiger partial charge on any atom is 0.327 e. The van der Waals surface area contributed by atoms with Gasteiger partial charge in [0.05, 0.1) is 11.0 Å². The predicted octanol–water partition coefficient (Wildman–Crippen LogP) is 2.77. The van der Waals surface area contributed by atoms with Crippen molar-refractivity contribution in [3.8, 4) is 0 Å². The Bertz CT molecular complexity index is 636. The summed E-state index contributed by atoms with van der Waals surface area (Å²) in [5.74, 6) is -0.785. The summed E-state index contributed by atoms with van der Waals surface area (Å²) < 4.78 is 15.6. The van der Waals surface area contributed by atoms with Crippen LogP contribution in [-0.4, -0.2) is 27.8 Å². The van der Waals surface area contributed by atoms with Crippen molar-refractivity contribution < 1.29 is 9.31 Å². The Kier molecular flexibility index (Phi) is 3.55. The second-order valence-corrected chi connectivity index (χ2v) is 5.07. The van der Waals surface area contributed by atoms with Gasteiger partial charge in [-0.3, -0.25) is 14.8 Å². The molecule has 1 aromatic heterocycles. The molecule has 1 aromatic carbocycles. The molecule has 2 aromatic rings. The average Bonchev–Trinajstić information content (AvgIpc) is 3.01. The van der Waals surface area contributed by atoms with Crippen LogP contribution in [0.1, 0.15) is 18.9 Å². The third-order valence-corrected chi connectivity index (χ3v) is 3.85. The number of nitro benzene ring substituents is 1. The number of aromatic nitrogens is 2. The molecule has 0 bridgehead atoms. The molecule has 1 fully saturated rings. The standard InChI is InChI=1S/C14H15FN4O2/c15-12-3-1-4-13(14(12)19(20)21)17-9-5-11(6-10-17)18-8-2-7-16-18/h1-4,7-8,11H,5-6,9-10H2. The van der Waals surface area contributed by atoms with Crippen molar-refractivity contribution >= 4 is 11.4 Å². The first-order valence-corrected chi connectivity index (χ1v) is 6.84. The third-order valence-electron chi connectivity index (χ3n) is 3.85. The zero-order chi connectivity index (χ0) is 14.8. The lowest BCUT2D eigenvalue weighted by molar-refractivity contribution is -0.386. The van der Waals surface area contributed by atoms with Crippen molar-refractivity contribution in [3.63, 3.8) is 0 Å².